The Kier molecular flexibility index (Phi) is 4.74. The van der Waals surface area contributed by atoms with Crippen LogP contribution in [0.2, 0.25) is 0 Å². The molecule has 1 amide bonds. The highest BCUT2D eigenvalue weighted by atomic mass is 32.2. The van der Waals surface area contributed by atoms with E-state index in [0.29, 0.717) is 28.6 Å². The number of hydrogen-bond donors (Lipinski definition) is 2. The van der Waals surface area contributed by atoms with Gasteiger partial charge in [-0.05, 0) is 19.1 Å². The minimum absolute atomic E-state index is 0.242. The Labute approximate surface area is 120 Å². The third-order valence-electron chi connectivity index (χ3n) is 2.49. The van der Waals surface area contributed by atoms with Crippen LogP contribution in [0.1, 0.15) is 21.7 Å². The van der Waals surface area contributed by atoms with Gasteiger partial charge >= 0.3 is 0 Å². The van der Waals surface area contributed by atoms with Gasteiger partial charge in [0.15, 0.2) is 0 Å². The van der Waals surface area contributed by atoms with E-state index in [1.807, 2.05) is 13.0 Å². The molecule has 7 heteroatoms. The molecule has 102 valence electrons. The number of nitrogens with zero attached hydrogens (tertiary/aromatic N) is 3. The van der Waals surface area contributed by atoms with Crippen molar-refractivity contribution >= 4 is 17.7 Å². The molecule has 2 aromatic rings. The zero-order valence-corrected chi connectivity index (χ0v) is 11.7. The summed E-state index contributed by atoms with van der Waals surface area (Å²) in [4.78, 5) is 16.1. The van der Waals surface area contributed by atoms with Gasteiger partial charge in [-0.15, -0.1) is 5.10 Å². The standard InChI is InChI=1S/C13H13N5OS/c1-9-16-13(18-17-9)20-7-6-15-12(19)11-5-3-2-4-10(11)8-14/h2-5H,6-7H2,1H3,(H,15,19)(H,16,17,18). The average Bonchev–Trinajstić information content (AvgIpc) is 2.89. The summed E-state index contributed by atoms with van der Waals surface area (Å²) >= 11 is 1.46. The van der Waals surface area contributed by atoms with E-state index in [0.717, 1.165) is 5.82 Å². The third-order valence-corrected chi connectivity index (χ3v) is 3.34. The maximum atomic E-state index is 11.9. The van der Waals surface area contributed by atoms with Crippen molar-refractivity contribution < 1.29 is 4.79 Å². The average molecular weight is 287 g/mol. The van der Waals surface area contributed by atoms with E-state index in [9.17, 15) is 4.79 Å². The largest absolute Gasteiger partial charge is 0.351 e. The molecule has 0 unspecified atom stereocenters. The van der Waals surface area contributed by atoms with Gasteiger partial charge in [-0.1, -0.05) is 23.9 Å². The third kappa shape index (κ3) is 3.59. The van der Waals surface area contributed by atoms with Gasteiger partial charge in [0.1, 0.15) is 5.82 Å². The Morgan fingerprint density at radius 1 is 1.50 bits per heavy atom. The van der Waals surface area contributed by atoms with Crippen LogP contribution in [-0.4, -0.2) is 33.4 Å². The van der Waals surface area contributed by atoms with E-state index in [4.69, 9.17) is 5.26 Å². The molecule has 0 atom stereocenters. The number of hydrogen-bond acceptors (Lipinski definition) is 5. The van der Waals surface area contributed by atoms with Crippen LogP contribution in [0.25, 0.3) is 0 Å². The SMILES string of the molecule is Cc1nc(SCCNC(=O)c2ccccc2C#N)n[nH]1. The van der Waals surface area contributed by atoms with Gasteiger partial charge in [-0.25, -0.2) is 4.98 Å². The van der Waals surface area contributed by atoms with E-state index < -0.39 is 0 Å². The highest BCUT2D eigenvalue weighted by molar-refractivity contribution is 7.99. The summed E-state index contributed by atoms with van der Waals surface area (Å²) in [5, 5.41) is 19.1. The number of thioether (sulfide) groups is 1. The molecule has 0 saturated heterocycles. The van der Waals surface area contributed by atoms with Crippen molar-refractivity contribution in [3.8, 4) is 6.07 Å². The lowest BCUT2D eigenvalue weighted by Gasteiger charge is -2.05. The second-order valence-electron chi connectivity index (χ2n) is 3.97. The molecule has 1 aromatic heterocycles. The molecule has 0 radical (unpaired) electrons. The summed E-state index contributed by atoms with van der Waals surface area (Å²) in [6.07, 6.45) is 0. The molecule has 2 N–H and O–H groups in total. The van der Waals surface area contributed by atoms with Crippen molar-refractivity contribution in [3.05, 3.63) is 41.2 Å². The summed E-state index contributed by atoms with van der Waals surface area (Å²) in [7, 11) is 0. The number of benzene rings is 1. The molecular formula is C13H13N5OS. The zero-order chi connectivity index (χ0) is 14.4. The summed E-state index contributed by atoms with van der Waals surface area (Å²) < 4.78 is 0. The number of carbonyl (C=O) groups is 1. The monoisotopic (exact) mass is 287 g/mol. The Hall–Kier alpha value is -2.33. The van der Waals surface area contributed by atoms with Crippen LogP contribution in [-0.2, 0) is 0 Å². The molecule has 0 bridgehead atoms. The molecule has 0 spiro atoms. The van der Waals surface area contributed by atoms with Crippen molar-refractivity contribution in [2.45, 2.75) is 12.1 Å². The molecular weight excluding hydrogens is 274 g/mol. The predicted molar refractivity (Wildman–Crippen MR) is 75.3 cm³/mol. The first kappa shape index (κ1) is 14.1. The number of nitrogens with one attached hydrogen (secondary N) is 2. The lowest BCUT2D eigenvalue weighted by molar-refractivity contribution is 0.0956. The van der Waals surface area contributed by atoms with Gasteiger partial charge in [0.05, 0.1) is 17.2 Å². The van der Waals surface area contributed by atoms with Gasteiger partial charge in [0, 0.05) is 12.3 Å². The number of nitriles is 1. The lowest BCUT2D eigenvalue weighted by atomic mass is 10.1. The number of aromatic nitrogens is 3. The summed E-state index contributed by atoms with van der Waals surface area (Å²) in [6.45, 7) is 2.31. The molecule has 20 heavy (non-hydrogen) atoms. The number of H-pyrrole nitrogens is 1. The fourth-order valence-electron chi connectivity index (χ4n) is 1.57. The minimum Gasteiger partial charge on any atom is -0.351 e. The molecule has 0 aliphatic heterocycles. The van der Waals surface area contributed by atoms with Crippen LogP contribution in [0.4, 0.5) is 0 Å². The highest BCUT2D eigenvalue weighted by Crippen LogP contribution is 2.11. The van der Waals surface area contributed by atoms with E-state index in [-0.39, 0.29) is 5.91 Å². The van der Waals surface area contributed by atoms with Crippen LogP contribution in [0, 0.1) is 18.3 Å². The summed E-state index contributed by atoms with van der Waals surface area (Å²) in [5.41, 5.74) is 0.774. The summed E-state index contributed by atoms with van der Waals surface area (Å²) in [6, 6.07) is 8.74. The highest BCUT2D eigenvalue weighted by Gasteiger charge is 2.09. The van der Waals surface area contributed by atoms with Gasteiger partial charge in [-0.2, -0.15) is 5.26 Å². The number of amides is 1. The quantitative estimate of drug-likeness (QED) is 0.642. The minimum atomic E-state index is -0.242. The Balaban J connectivity index is 1.82. The molecule has 0 aliphatic carbocycles. The maximum Gasteiger partial charge on any atom is 0.252 e. The van der Waals surface area contributed by atoms with Crippen LogP contribution in [0.15, 0.2) is 29.4 Å². The Morgan fingerprint density at radius 3 is 3.00 bits per heavy atom. The number of rotatable bonds is 5. The van der Waals surface area contributed by atoms with Gasteiger partial charge in [-0.3, -0.25) is 9.89 Å². The molecule has 1 aromatic carbocycles. The first-order valence-electron chi connectivity index (χ1n) is 6.00. The molecule has 2 rings (SSSR count). The number of aromatic amines is 1. The smallest absolute Gasteiger partial charge is 0.252 e. The fraction of sp³-hybridized carbons (Fsp3) is 0.231. The second kappa shape index (κ2) is 6.73. The maximum absolute atomic E-state index is 11.9. The van der Waals surface area contributed by atoms with E-state index in [1.165, 1.54) is 11.8 Å². The van der Waals surface area contributed by atoms with Gasteiger partial charge < -0.3 is 5.32 Å². The number of carbonyl (C=O) groups excluding carboxylic acids is 1. The normalized spacial score (nSPS) is 10.0. The van der Waals surface area contributed by atoms with Crippen molar-refractivity contribution in [2.75, 3.05) is 12.3 Å². The molecule has 6 nitrogen and oxygen atoms in total. The van der Waals surface area contributed by atoms with E-state index in [2.05, 4.69) is 20.5 Å². The van der Waals surface area contributed by atoms with Crippen molar-refractivity contribution in [1.82, 2.24) is 20.5 Å². The van der Waals surface area contributed by atoms with Crippen molar-refractivity contribution in [2.24, 2.45) is 0 Å². The molecule has 0 aliphatic rings. The van der Waals surface area contributed by atoms with Crippen LogP contribution >= 0.6 is 11.8 Å². The van der Waals surface area contributed by atoms with Gasteiger partial charge in [0.2, 0.25) is 5.16 Å². The first-order chi connectivity index (χ1) is 9.70. The second-order valence-corrected chi connectivity index (χ2v) is 5.03. The lowest BCUT2D eigenvalue weighted by Crippen LogP contribution is -2.26. The topological polar surface area (TPSA) is 94.5 Å². The van der Waals surface area contributed by atoms with Crippen LogP contribution in [0.3, 0.4) is 0 Å². The van der Waals surface area contributed by atoms with E-state index in [1.54, 1.807) is 24.3 Å². The van der Waals surface area contributed by atoms with E-state index >= 15 is 0 Å². The molecule has 0 saturated carbocycles. The van der Waals surface area contributed by atoms with Gasteiger partial charge in [0.25, 0.3) is 5.91 Å². The Morgan fingerprint density at radius 2 is 2.30 bits per heavy atom. The van der Waals surface area contributed by atoms with Crippen molar-refractivity contribution in [3.63, 3.8) is 0 Å². The Bertz CT molecular complexity index is 646. The summed E-state index contributed by atoms with van der Waals surface area (Å²) in [5.74, 6) is 1.19. The zero-order valence-electron chi connectivity index (χ0n) is 10.9. The molecule has 1 heterocycles. The number of aryl methyl sites for hydroxylation is 1. The molecule has 0 fully saturated rings. The first-order valence-corrected chi connectivity index (χ1v) is 6.98. The predicted octanol–water partition coefficient (Wildman–Crippen LogP) is 1.51. The fourth-order valence-corrected chi connectivity index (χ4v) is 2.27. The van der Waals surface area contributed by atoms with Crippen molar-refractivity contribution in [1.29, 1.82) is 5.26 Å². The van der Waals surface area contributed by atoms with Crippen LogP contribution in [0.5, 0.6) is 0 Å². The van der Waals surface area contributed by atoms with Crippen LogP contribution < -0.4 is 5.32 Å².